The van der Waals surface area contributed by atoms with E-state index in [1.165, 1.54) is 5.56 Å². The van der Waals surface area contributed by atoms with E-state index >= 15 is 0 Å². The third-order valence-electron chi connectivity index (χ3n) is 5.36. The summed E-state index contributed by atoms with van der Waals surface area (Å²) in [7, 11) is 1.68. The van der Waals surface area contributed by atoms with E-state index in [0.29, 0.717) is 25.6 Å². The zero-order valence-electron chi connectivity index (χ0n) is 19.1. The van der Waals surface area contributed by atoms with Crippen molar-refractivity contribution >= 4 is 29.9 Å². The Morgan fingerprint density at radius 1 is 1.32 bits per heavy atom. The van der Waals surface area contributed by atoms with E-state index in [9.17, 15) is 5.11 Å². The predicted octanol–water partition coefficient (Wildman–Crippen LogP) is 1.77. The van der Waals surface area contributed by atoms with Crippen molar-refractivity contribution in [2.45, 2.75) is 45.4 Å². The minimum atomic E-state index is -0.872. The average molecular weight is 548 g/mol. The average Bonchev–Trinajstić information content (AvgIpc) is 3.08. The highest BCUT2D eigenvalue weighted by Gasteiger charge is 2.26. The van der Waals surface area contributed by atoms with Crippen molar-refractivity contribution in [3.05, 3.63) is 23.3 Å². The molecule has 1 saturated heterocycles. The molecule has 3 rings (SSSR count). The van der Waals surface area contributed by atoms with Crippen molar-refractivity contribution in [3.63, 3.8) is 0 Å². The summed E-state index contributed by atoms with van der Waals surface area (Å²) >= 11 is 0. The number of nitrogens with one attached hydrogen (secondary N) is 2. The van der Waals surface area contributed by atoms with Crippen LogP contribution in [0.25, 0.3) is 0 Å². The first-order valence-corrected chi connectivity index (χ1v) is 10.8. The van der Waals surface area contributed by atoms with E-state index in [4.69, 9.17) is 19.2 Å². The fourth-order valence-electron chi connectivity index (χ4n) is 3.87. The molecule has 31 heavy (non-hydrogen) atoms. The van der Waals surface area contributed by atoms with Gasteiger partial charge in [0.2, 0.25) is 0 Å². The number of guanidine groups is 1. The number of rotatable bonds is 8. The number of aliphatic hydroxyl groups is 1. The molecule has 176 valence electrons. The zero-order valence-corrected chi connectivity index (χ0v) is 21.4. The van der Waals surface area contributed by atoms with Crippen molar-refractivity contribution in [1.82, 2.24) is 15.5 Å². The second-order valence-corrected chi connectivity index (χ2v) is 8.34. The molecule has 2 unspecified atom stereocenters. The number of ether oxygens (including phenoxy) is 3. The van der Waals surface area contributed by atoms with Crippen LogP contribution in [0.15, 0.2) is 17.1 Å². The van der Waals surface area contributed by atoms with Gasteiger partial charge >= 0.3 is 0 Å². The molecule has 2 aliphatic heterocycles. The molecule has 0 radical (unpaired) electrons. The molecule has 0 saturated carbocycles. The van der Waals surface area contributed by atoms with Crippen molar-refractivity contribution in [1.29, 1.82) is 0 Å². The molecule has 1 aromatic rings. The van der Waals surface area contributed by atoms with E-state index in [0.717, 1.165) is 56.3 Å². The SMILES string of the molecule is CCNC(=NCc1cc2c(cc1OC)CC(C)O2)NCC(C)(O)CN1CCOCC1.I. The van der Waals surface area contributed by atoms with E-state index in [2.05, 4.69) is 28.5 Å². The van der Waals surface area contributed by atoms with Gasteiger partial charge in [0.05, 0.1) is 32.5 Å². The molecule has 0 aliphatic carbocycles. The van der Waals surface area contributed by atoms with Gasteiger partial charge in [0, 0.05) is 50.3 Å². The molecular weight excluding hydrogens is 511 g/mol. The zero-order chi connectivity index (χ0) is 21.6. The molecule has 2 aliphatic rings. The molecule has 1 fully saturated rings. The van der Waals surface area contributed by atoms with Crippen LogP contribution in [0.2, 0.25) is 0 Å². The number of morpholine rings is 1. The summed E-state index contributed by atoms with van der Waals surface area (Å²) in [6, 6.07) is 4.08. The molecule has 2 atom stereocenters. The van der Waals surface area contributed by atoms with Gasteiger partial charge in [0.25, 0.3) is 0 Å². The number of nitrogens with zero attached hydrogens (tertiary/aromatic N) is 2. The summed E-state index contributed by atoms with van der Waals surface area (Å²) in [5, 5.41) is 17.3. The molecular formula is C22H37IN4O4. The maximum absolute atomic E-state index is 10.8. The number of β-amino-alcohol motifs (C(OH)–C–C–N with tert-alkyl or cyclic N) is 1. The van der Waals surface area contributed by atoms with Crippen LogP contribution in [0.1, 0.15) is 31.9 Å². The molecule has 0 amide bonds. The predicted molar refractivity (Wildman–Crippen MR) is 133 cm³/mol. The topological polar surface area (TPSA) is 87.6 Å². The van der Waals surface area contributed by atoms with Gasteiger partial charge in [-0.2, -0.15) is 0 Å². The lowest BCUT2D eigenvalue weighted by Crippen LogP contribution is -2.52. The Morgan fingerprint density at radius 3 is 2.74 bits per heavy atom. The Morgan fingerprint density at radius 2 is 2.06 bits per heavy atom. The van der Waals surface area contributed by atoms with E-state index in [1.54, 1.807) is 7.11 Å². The fraction of sp³-hybridized carbons (Fsp3) is 0.682. The van der Waals surface area contributed by atoms with Gasteiger partial charge in [0.15, 0.2) is 5.96 Å². The summed E-state index contributed by atoms with van der Waals surface area (Å²) in [5.74, 6) is 2.40. The van der Waals surface area contributed by atoms with Crippen molar-refractivity contribution < 1.29 is 19.3 Å². The standard InChI is InChI=1S/C22H36N4O4.HI/c1-5-23-21(25-14-22(3,27)15-26-6-8-29-9-7-26)24-13-18-12-20-17(10-16(2)30-20)11-19(18)28-4;/h11-12,16,27H,5-10,13-15H2,1-4H3,(H2,23,24,25);1H. The number of fused-ring (bicyclic) bond motifs is 1. The highest BCUT2D eigenvalue weighted by molar-refractivity contribution is 14.0. The third kappa shape index (κ3) is 7.65. The minimum absolute atomic E-state index is 0. The molecule has 8 nitrogen and oxygen atoms in total. The summed E-state index contributed by atoms with van der Waals surface area (Å²) in [4.78, 5) is 6.93. The lowest BCUT2D eigenvalue weighted by atomic mass is 10.1. The molecule has 9 heteroatoms. The first-order chi connectivity index (χ1) is 14.4. The quantitative estimate of drug-likeness (QED) is 0.260. The minimum Gasteiger partial charge on any atom is -0.496 e. The van der Waals surface area contributed by atoms with Crippen molar-refractivity contribution in [2.24, 2.45) is 4.99 Å². The van der Waals surface area contributed by atoms with Crippen LogP contribution in [0.3, 0.4) is 0 Å². The van der Waals surface area contributed by atoms with Gasteiger partial charge in [0.1, 0.15) is 17.6 Å². The van der Waals surface area contributed by atoms with Crippen LogP contribution in [-0.4, -0.2) is 80.7 Å². The molecule has 0 bridgehead atoms. The monoisotopic (exact) mass is 548 g/mol. The smallest absolute Gasteiger partial charge is 0.191 e. The van der Waals surface area contributed by atoms with Crippen LogP contribution in [0.5, 0.6) is 11.5 Å². The normalized spacial score (nSPS) is 20.8. The second-order valence-electron chi connectivity index (χ2n) is 8.34. The summed E-state index contributed by atoms with van der Waals surface area (Å²) in [6.45, 7) is 11.3. The van der Waals surface area contributed by atoms with Gasteiger partial charge in [-0.25, -0.2) is 4.99 Å². The van der Waals surface area contributed by atoms with Crippen LogP contribution in [-0.2, 0) is 17.7 Å². The lowest BCUT2D eigenvalue weighted by molar-refractivity contribution is -0.0201. The summed E-state index contributed by atoms with van der Waals surface area (Å²) in [6.07, 6.45) is 1.09. The van der Waals surface area contributed by atoms with Crippen LogP contribution in [0, 0.1) is 0 Å². The Bertz CT molecular complexity index is 738. The van der Waals surface area contributed by atoms with Gasteiger partial charge in [-0.15, -0.1) is 24.0 Å². The number of aliphatic imine (C=N–C) groups is 1. The van der Waals surface area contributed by atoms with Crippen molar-refractivity contribution in [2.75, 3.05) is 53.0 Å². The van der Waals surface area contributed by atoms with Crippen LogP contribution in [0.4, 0.5) is 0 Å². The largest absolute Gasteiger partial charge is 0.496 e. The highest BCUT2D eigenvalue weighted by atomic mass is 127. The number of benzene rings is 1. The fourth-order valence-corrected chi connectivity index (χ4v) is 3.87. The van der Waals surface area contributed by atoms with Crippen molar-refractivity contribution in [3.8, 4) is 11.5 Å². The first kappa shape index (κ1) is 26.0. The molecule has 0 aromatic heterocycles. The van der Waals surface area contributed by atoms with E-state index < -0.39 is 5.60 Å². The van der Waals surface area contributed by atoms with Gasteiger partial charge in [-0.3, -0.25) is 4.90 Å². The molecule has 1 aromatic carbocycles. The number of hydrogen-bond donors (Lipinski definition) is 3. The van der Waals surface area contributed by atoms with Crippen LogP contribution >= 0.6 is 24.0 Å². The lowest BCUT2D eigenvalue weighted by Gasteiger charge is -2.34. The van der Waals surface area contributed by atoms with E-state index in [-0.39, 0.29) is 30.1 Å². The summed E-state index contributed by atoms with van der Waals surface area (Å²) < 4.78 is 16.8. The van der Waals surface area contributed by atoms with Gasteiger partial charge in [-0.05, 0) is 32.9 Å². The van der Waals surface area contributed by atoms with E-state index in [1.807, 2.05) is 19.9 Å². The van der Waals surface area contributed by atoms with Gasteiger partial charge < -0.3 is 30.0 Å². The maximum Gasteiger partial charge on any atom is 0.191 e. The Labute approximate surface area is 202 Å². The second kappa shape index (κ2) is 12.1. The molecule has 0 spiro atoms. The highest BCUT2D eigenvalue weighted by Crippen LogP contribution is 2.35. The van der Waals surface area contributed by atoms with Gasteiger partial charge in [-0.1, -0.05) is 0 Å². The number of halogens is 1. The Balaban J connectivity index is 0.00000341. The number of methoxy groups -OCH3 is 1. The summed E-state index contributed by atoms with van der Waals surface area (Å²) in [5.41, 5.74) is 1.28. The molecule has 3 N–H and O–H groups in total. The Kier molecular flexibility index (Phi) is 10.1. The first-order valence-electron chi connectivity index (χ1n) is 10.8. The third-order valence-corrected chi connectivity index (χ3v) is 5.36. The molecule has 2 heterocycles. The maximum atomic E-state index is 10.8. The van der Waals surface area contributed by atoms with Crippen LogP contribution < -0.4 is 20.1 Å². The Hall–Kier alpha value is -1.30. The number of hydrogen-bond acceptors (Lipinski definition) is 6.